The molecule has 2 aromatic rings. The van der Waals surface area contributed by atoms with Crippen molar-refractivity contribution < 1.29 is 24.0 Å². The second kappa shape index (κ2) is 11.5. The molecule has 2 rings (SSSR count). The fourth-order valence-corrected chi connectivity index (χ4v) is 3.48. The first kappa shape index (κ1) is 23.6. The van der Waals surface area contributed by atoms with Crippen molar-refractivity contribution in [2.24, 2.45) is 11.8 Å². The molecule has 3 N–H and O–H groups in total. The van der Waals surface area contributed by atoms with Gasteiger partial charge in [-0.15, -0.1) is 11.3 Å². The van der Waals surface area contributed by atoms with E-state index in [-0.39, 0.29) is 36.4 Å². The molecule has 0 aliphatic rings. The number of hydrogen-bond acceptors (Lipinski definition) is 7. The molecule has 0 aliphatic carbocycles. The maximum absolute atomic E-state index is 12.8. The van der Waals surface area contributed by atoms with Crippen molar-refractivity contribution in [2.75, 3.05) is 11.9 Å². The lowest BCUT2D eigenvalue weighted by molar-refractivity contribution is -0.154. The molecule has 0 aliphatic heterocycles. The zero-order valence-electron chi connectivity index (χ0n) is 17.3. The van der Waals surface area contributed by atoms with Crippen LogP contribution in [0.5, 0.6) is 0 Å². The quantitative estimate of drug-likeness (QED) is 0.266. The zero-order valence-corrected chi connectivity index (χ0v) is 18.1. The third-order valence-electron chi connectivity index (χ3n) is 4.55. The van der Waals surface area contributed by atoms with Gasteiger partial charge in [0.1, 0.15) is 12.3 Å². The molecule has 2 atom stereocenters. The molecule has 9 nitrogen and oxygen atoms in total. The van der Waals surface area contributed by atoms with Gasteiger partial charge in [-0.1, -0.05) is 33.6 Å². The van der Waals surface area contributed by atoms with E-state index in [9.17, 15) is 19.6 Å². The van der Waals surface area contributed by atoms with Crippen LogP contribution >= 0.6 is 11.3 Å². The molecule has 0 bridgehead atoms. The molecule has 0 aromatic carbocycles. The van der Waals surface area contributed by atoms with Crippen molar-refractivity contribution >= 4 is 34.6 Å². The number of thiophene rings is 1. The number of carbonyl (C=O) groups excluding carboxylic acids is 3. The van der Waals surface area contributed by atoms with Crippen molar-refractivity contribution in [1.82, 2.24) is 15.4 Å². The highest BCUT2D eigenvalue weighted by Crippen LogP contribution is 2.23. The maximum atomic E-state index is 12.8. The first-order valence-electron chi connectivity index (χ1n) is 9.87. The van der Waals surface area contributed by atoms with Crippen LogP contribution in [0.25, 0.3) is 0 Å². The van der Waals surface area contributed by atoms with Crippen LogP contribution in [0, 0.1) is 11.8 Å². The van der Waals surface area contributed by atoms with Gasteiger partial charge in [-0.25, -0.2) is 10.0 Å². The fourth-order valence-electron chi connectivity index (χ4n) is 2.87. The molecule has 0 fully saturated rings. The minimum Gasteiger partial charge on any atom is -0.446 e. The summed E-state index contributed by atoms with van der Waals surface area (Å²) in [6.07, 6.45) is 3.72. The molecule has 0 saturated heterocycles. The van der Waals surface area contributed by atoms with Gasteiger partial charge in [0, 0.05) is 0 Å². The Morgan fingerprint density at radius 3 is 2.77 bits per heavy atom. The molecular formula is C20H28N4O5S. The smallest absolute Gasteiger partial charge is 0.278 e. The van der Waals surface area contributed by atoms with Gasteiger partial charge < -0.3 is 15.1 Å². The van der Waals surface area contributed by atoms with Crippen LogP contribution in [0.3, 0.4) is 0 Å². The number of aromatic nitrogens is 1. The van der Waals surface area contributed by atoms with Crippen LogP contribution in [0.2, 0.25) is 0 Å². The first-order valence-corrected chi connectivity index (χ1v) is 10.7. The highest BCUT2D eigenvalue weighted by Gasteiger charge is 2.28. The second-order valence-corrected chi connectivity index (χ2v) is 8.25. The average molecular weight is 437 g/mol. The van der Waals surface area contributed by atoms with E-state index in [1.165, 1.54) is 17.6 Å². The largest absolute Gasteiger partial charge is 0.446 e. The van der Waals surface area contributed by atoms with E-state index < -0.39 is 17.9 Å². The molecule has 10 heteroatoms. The molecular weight excluding hydrogens is 408 g/mol. The number of amides is 3. The number of nitrogens with zero attached hydrogens (tertiary/aromatic N) is 2. The Bertz CT molecular complexity index is 821. The van der Waals surface area contributed by atoms with Crippen LogP contribution in [-0.2, 0) is 9.59 Å². The number of rotatable bonds is 12. The molecule has 2 aromatic heterocycles. The Hall–Kier alpha value is -2.72. The third-order valence-corrected chi connectivity index (χ3v) is 5.33. The molecule has 0 saturated carbocycles. The molecule has 3 amide bonds. The van der Waals surface area contributed by atoms with Crippen molar-refractivity contribution in [3.8, 4) is 0 Å². The van der Waals surface area contributed by atoms with Crippen LogP contribution in [-0.4, -0.2) is 40.0 Å². The summed E-state index contributed by atoms with van der Waals surface area (Å²) in [6.45, 7) is 5.69. The summed E-state index contributed by atoms with van der Waals surface area (Å²) in [5.41, 5.74) is 0.114. The number of nitrogens with one attached hydrogen (secondary N) is 2. The number of anilines is 1. The Labute approximate surface area is 179 Å². The van der Waals surface area contributed by atoms with Gasteiger partial charge in [0.15, 0.2) is 5.69 Å². The van der Waals surface area contributed by atoms with Crippen LogP contribution < -0.4 is 10.6 Å². The lowest BCUT2D eigenvalue weighted by atomic mass is 9.98. The predicted octanol–water partition coefficient (Wildman–Crippen LogP) is 3.46. The van der Waals surface area contributed by atoms with Crippen molar-refractivity contribution in [1.29, 1.82) is 0 Å². The van der Waals surface area contributed by atoms with Crippen molar-refractivity contribution in [3.05, 3.63) is 35.4 Å². The van der Waals surface area contributed by atoms with Crippen molar-refractivity contribution in [3.63, 3.8) is 0 Å². The summed E-state index contributed by atoms with van der Waals surface area (Å²) < 4.78 is 5.49. The Kier molecular flexibility index (Phi) is 9.00. The molecule has 0 spiro atoms. The Balaban J connectivity index is 2.10. The Morgan fingerprint density at radius 1 is 1.40 bits per heavy atom. The van der Waals surface area contributed by atoms with Gasteiger partial charge >= 0.3 is 0 Å². The lowest BCUT2D eigenvalue weighted by Gasteiger charge is -2.24. The monoisotopic (exact) mass is 436 g/mol. The standard InChI is InChI=1S/C20H28N4O5S/c1-4-5-7-14(10-24(28)12-25)18(26)23-17(13(2)3)20-21-15(11-29-20)19(27)22-16-8-6-9-30-16/h6,8-9,11-14,17,28H,4-5,7,10H2,1-3H3,(H,22,27)(H,23,26)/t14-,17+/m1/s1. The molecule has 0 unspecified atom stereocenters. The van der Waals surface area contributed by atoms with Gasteiger partial charge in [-0.05, 0) is 29.9 Å². The number of hydrogen-bond donors (Lipinski definition) is 3. The van der Waals surface area contributed by atoms with Crippen LogP contribution in [0.1, 0.15) is 62.5 Å². The minimum atomic E-state index is -0.571. The van der Waals surface area contributed by atoms with Gasteiger partial charge in [0.25, 0.3) is 5.91 Å². The number of unbranched alkanes of at least 4 members (excludes halogenated alkanes) is 1. The number of hydroxylamine groups is 2. The predicted molar refractivity (Wildman–Crippen MR) is 112 cm³/mol. The summed E-state index contributed by atoms with van der Waals surface area (Å²) in [5, 5.41) is 18.2. The van der Waals surface area contributed by atoms with Crippen LogP contribution in [0.4, 0.5) is 5.00 Å². The van der Waals surface area contributed by atoms with E-state index in [0.717, 1.165) is 12.8 Å². The van der Waals surface area contributed by atoms with Crippen molar-refractivity contribution in [2.45, 2.75) is 46.1 Å². The van der Waals surface area contributed by atoms with E-state index >= 15 is 0 Å². The van der Waals surface area contributed by atoms with E-state index in [2.05, 4.69) is 15.6 Å². The summed E-state index contributed by atoms with van der Waals surface area (Å²) in [5.74, 6) is -1.13. The topological polar surface area (TPSA) is 125 Å². The summed E-state index contributed by atoms with van der Waals surface area (Å²) in [7, 11) is 0. The van der Waals surface area contributed by atoms with Gasteiger partial charge in [0.05, 0.1) is 17.5 Å². The highest BCUT2D eigenvalue weighted by molar-refractivity contribution is 7.14. The normalized spacial score (nSPS) is 13.0. The highest BCUT2D eigenvalue weighted by atomic mass is 32.1. The molecule has 0 radical (unpaired) electrons. The second-order valence-electron chi connectivity index (χ2n) is 7.30. The van der Waals surface area contributed by atoms with Crippen LogP contribution in [0.15, 0.2) is 28.2 Å². The van der Waals surface area contributed by atoms with E-state index in [4.69, 9.17) is 4.42 Å². The fraction of sp³-hybridized carbons (Fsp3) is 0.500. The summed E-state index contributed by atoms with van der Waals surface area (Å²) in [4.78, 5) is 40.2. The molecule has 164 valence electrons. The first-order chi connectivity index (χ1) is 14.3. The zero-order chi connectivity index (χ0) is 22.1. The third kappa shape index (κ3) is 6.67. The SMILES string of the molecule is CCCC[C@H](CN(O)C=O)C(=O)N[C@H](c1nc(C(=O)Nc2cccs2)co1)C(C)C. The van der Waals surface area contributed by atoms with Gasteiger partial charge in [-0.3, -0.25) is 19.6 Å². The molecule has 30 heavy (non-hydrogen) atoms. The Morgan fingerprint density at radius 2 is 2.17 bits per heavy atom. The maximum Gasteiger partial charge on any atom is 0.278 e. The van der Waals surface area contributed by atoms with Gasteiger partial charge in [-0.2, -0.15) is 0 Å². The minimum absolute atomic E-state index is 0.0658. The molecule has 2 heterocycles. The van der Waals surface area contributed by atoms with E-state index in [1.807, 2.05) is 32.2 Å². The number of carbonyl (C=O) groups is 3. The average Bonchev–Trinajstić information content (AvgIpc) is 3.40. The number of oxazole rings is 1. The van der Waals surface area contributed by atoms with Gasteiger partial charge in [0.2, 0.25) is 18.2 Å². The summed E-state index contributed by atoms with van der Waals surface area (Å²) >= 11 is 1.39. The van der Waals surface area contributed by atoms with E-state index in [0.29, 0.717) is 16.5 Å². The van der Waals surface area contributed by atoms with E-state index in [1.54, 1.807) is 6.07 Å². The lowest BCUT2D eigenvalue weighted by Crippen LogP contribution is -2.40. The summed E-state index contributed by atoms with van der Waals surface area (Å²) in [6, 6.07) is 3.04.